The van der Waals surface area contributed by atoms with E-state index in [4.69, 9.17) is 0 Å². The molecule has 1 saturated heterocycles. The summed E-state index contributed by atoms with van der Waals surface area (Å²) >= 11 is 1.42. The molecule has 3 heterocycles. The molecule has 2 amide bonds. The van der Waals surface area contributed by atoms with Crippen LogP contribution in [0.2, 0.25) is 0 Å². The Morgan fingerprint density at radius 3 is 2.61 bits per heavy atom. The molecule has 33 heavy (non-hydrogen) atoms. The molecule has 7 nitrogen and oxygen atoms in total. The number of nitrogens with zero attached hydrogens (tertiary/aromatic N) is 3. The summed E-state index contributed by atoms with van der Waals surface area (Å²) in [4.78, 5) is 45.8. The highest BCUT2D eigenvalue weighted by Crippen LogP contribution is 2.35. The number of fused-ring (bicyclic) bond motifs is 1. The molecule has 4 aromatic rings. The molecule has 1 aliphatic heterocycles. The maximum Gasteiger partial charge on any atom is 0.281 e. The standard InChI is InChI=1S/C24H19FN4O3S/c1-14-20(15-7-3-2-4-8-15)21-23(33-14)26-13-29(24(21)32)27-22(31)16-11-19(30)28(12-16)18-10-6-5-9-17(18)25/h2-10,13,16H,11-12H2,1H3,(H,27,31). The molecule has 0 spiro atoms. The van der Waals surface area contributed by atoms with Gasteiger partial charge in [0.25, 0.3) is 5.56 Å². The molecule has 1 atom stereocenters. The van der Waals surface area contributed by atoms with Crippen molar-refractivity contribution in [2.24, 2.45) is 5.92 Å². The minimum absolute atomic E-state index is 0.0306. The summed E-state index contributed by atoms with van der Waals surface area (Å²) < 4.78 is 15.2. The van der Waals surface area contributed by atoms with E-state index in [1.54, 1.807) is 6.07 Å². The van der Waals surface area contributed by atoms with Crippen LogP contribution in [0.3, 0.4) is 0 Å². The topological polar surface area (TPSA) is 84.3 Å². The molecule has 2 aromatic heterocycles. The number of carbonyl (C=O) groups excluding carboxylic acids is 2. The molecular formula is C24H19FN4O3S. The first-order valence-corrected chi connectivity index (χ1v) is 11.2. The number of hydrogen-bond acceptors (Lipinski definition) is 5. The van der Waals surface area contributed by atoms with Gasteiger partial charge < -0.3 is 4.90 Å². The maximum absolute atomic E-state index is 14.1. The molecule has 2 aromatic carbocycles. The zero-order valence-corrected chi connectivity index (χ0v) is 18.4. The van der Waals surface area contributed by atoms with E-state index in [0.29, 0.717) is 10.2 Å². The fraction of sp³-hybridized carbons (Fsp3) is 0.167. The first kappa shape index (κ1) is 21.0. The van der Waals surface area contributed by atoms with Crippen LogP contribution in [0.5, 0.6) is 0 Å². The summed E-state index contributed by atoms with van der Waals surface area (Å²) in [5, 5.41) is 0.432. The number of aromatic nitrogens is 2. The van der Waals surface area contributed by atoms with Crippen LogP contribution in [-0.2, 0) is 9.59 Å². The predicted molar refractivity (Wildman–Crippen MR) is 125 cm³/mol. The summed E-state index contributed by atoms with van der Waals surface area (Å²) in [6.07, 6.45) is 1.20. The third-order valence-corrected chi connectivity index (χ3v) is 6.73. The van der Waals surface area contributed by atoms with E-state index in [1.165, 1.54) is 40.8 Å². The van der Waals surface area contributed by atoms with Gasteiger partial charge in [-0.15, -0.1) is 11.3 Å². The van der Waals surface area contributed by atoms with E-state index >= 15 is 0 Å². The number of amides is 2. The minimum atomic E-state index is -0.725. The minimum Gasteiger partial charge on any atom is -0.309 e. The molecule has 5 rings (SSSR count). The molecule has 9 heteroatoms. The molecule has 0 aliphatic carbocycles. The first-order valence-electron chi connectivity index (χ1n) is 10.4. The largest absolute Gasteiger partial charge is 0.309 e. The molecule has 1 unspecified atom stereocenters. The zero-order valence-electron chi connectivity index (χ0n) is 17.6. The van der Waals surface area contributed by atoms with Gasteiger partial charge in [0, 0.05) is 23.4 Å². The lowest BCUT2D eigenvalue weighted by Crippen LogP contribution is -2.37. The van der Waals surface area contributed by atoms with Crippen LogP contribution < -0.4 is 15.9 Å². The van der Waals surface area contributed by atoms with E-state index in [2.05, 4.69) is 10.4 Å². The van der Waals surface area contributed by atoms with Gasteiger partial charge in [-0.2, -0.15) is 0 Å². The van der Waals surface area contributed by atoms with Gasteiger partial charge >= 0.3 is 0 Å². The van der Waals surface area contributed by atoms with E-state index < -0.39 is 23.2 Å². The number of hydrogen-bond donors (Lipinski definition) is 1. The monoisotopic (exact) mass is 462 g/mol. The number of carbonyl (C=O) groups is 2. The first-order chi connectivity index (χ1) is 15.9. The van der Waals surface area contributed by atoms with E-state index in [0.717, 1.165) is 20.7 Å². The van der Waals surface area contributed by atoms with Crippen molar-refractivity contribution in [1.29, 1.82) is 0 Å². The zero-order chi connectivity index (χ0) is 23.1. The van der Waals surface area contributed by atoms with Crippen molar-refractivity contribution in [2.45, 2.75) is 13.3 Å². The fourth-order valence-corrected chi connectivity index (χ4v) is 5.13. The second kappa shape index (κ2) is 8.25. The molecule has 1 aliphatic rings. The Kier molecular flexibility index (Phi) is 5.26. The van der Waals surface area contributed by atoms with Crippen LogP contribution >= 0.6 is 11.3 Å². The fourth-order valence-electron chi connectivity index (χ4n) is 4.13. The lowest BCUT2D eigenvalue weighted by Gasteiger charge is -2.17. The Labute approximate surface area is 192 Å². The van der Waals surface area contributed by atoms with Gasteiger partial charge in [0.2, 0.25) is 11.8 Å². The molecule has 1 N–H and O–H groups in total. The van der Waals surface area contributed by atoms with Gasteiger partial charge in [-0.05, 0) is 24.6 Å². The van der Waals surface area contributed by atoms with Crippen LogP contribution in [0.1, 0.15) is 11.3 Å². The average molecular weight is 463 g/mol. The Morgan fingerprint density at radius 2 is 1.85 bits per heavy atom. The number of rotatable bonds is 4. The SMILES string of the molecule is Cc1sc2ncn(NC(=O)C3CC(=O)N(c4ccccc4F)C3)c(=O)c2c1-c1ccccc1. The van der Waals surface area contributed by atoms with Gasteiger partial charge in [-0.3, -0.25) is 19.8 Å². The normalized spacial score (nSPS) is 15.9. The van der Waals surface area contributed by atoms with Gasteiger partial charge in [-0.25, -0.2) is 14.1 Å². The molecule has 0 radical (unpaired) electrons. The van der Waals surface area contributed by atoms with Crippen molar-refractivity contribution >= 4 is 39.1 Å². The number of aryl methyl sites for hydroxylation is 1. The van der Waals surface area contributed by atoms with Gasteiger partial charge in [0.15, 0.2) is 0 Å². The van der Waals surface area contributed by atoms with Crippen LogP contribution in [0.25, 0.3) is 21.3 Å². The van der Waals surface area contributed by atoms with Crippen molar-refractivity contribution in [3.8, 4) is 11.1 Å². The van der Waals surface area contributed by atoms with Crippen molar-refractivity contribution in [3.63, 3.8) is 0 Å². The number of benzene rings is 2. The lowest BCUT2D eigenvalue weighted by molar-refractivity contribution is -0.123. The predicted octanol–water partition coefficient (Wildman–Crippen LogP) is 3.70. The quantitative estimate of drug-likeness (QED) is 0.501. The van der Waals surface area contributed by atoms with E-state index in [9.17, 15) is 18.8 Å². The highest BCUT2D eigenvalue weighted by atomic mass is 32.1. The summed E-state index contributed by atoms with van der Waals surface area (Å²) in [5.74, 6) is -2.10. The van der Waals surface area contributed by atoms with Crippen molar-refractivity contribution in [3.05, 3.63) is 82.0 Å². The molecular weight excluding hydrogens is 443 g/mol. The van der Waals surface area contributed by atoms with E-state index in [-0.39, 0.29) is 24.6 Å². The van der Waals surface area contributed by atoms with Crippen molar-refractivity contribution in [2.75, 3.05) is 16.9 Å². The van der Waals surface area contributed by atoms with E-state index in [1.807, 2.05) is 37.3 Å². The van der Waals surface area contributed by atoms with Crippen molar-refractivity contribution in [1.82, 2.24) is 9.66 Å². The number of para-hydroxylation sites is 1. The van der Waals surface area contributed by atoms with Gasteiger partial charge in [-0.1, -0.05) is 42.5 Å². The van der Waals surface area contributed by atoms with Crippen LogP contribution in [0, 0.1) is 18.7 Å². The summed E-state index contributed by atoms with van der Waals surface area (Å²) in [6.45, 7) is 1.96. The maximum atomic E-state index is 14.1. The number of nitrogens with one attached hydrogen (secondary N) is 1. The number of anilines is 1. The Bertz CT molecular complexity index is 1450. The molecule has 0 bridgehead atoms. The van der Waals surface area contributed by atoms with Crippen LogP contribution in [-0.4, -0.2) is 28.0 Å². The number of halogens is 1. The number of thiophene rings is 1. The highest BCUT2D eigenvalue weighted by molar-refractivity contribution is 7.19. The smallest absolute Gasteiger partial charge is 0.281 e. The third-order valence-electron chi connectivity index (χ3n) is 5.72. The summed E-state index contributed by atoms with van der Waals surface area (Å²) in [5.41, 5.74) is 4.00. The molecule has 166 valence electrons. The average Bonchev–Trinajstić information content (AvgIpc) is 3.36. The summed E-state index contributed by atoms with van der Waals surface area (Å²) in [6, 6.07) is 15.5. The third kappa shape index (κ3) is 3.70. The summed E-state index contributed by atoms with van der Waals surface area (Å²) in [7, 11) is 0. The molecule has 1 fully saturated rings. The highest BCUT2D eigenvalue weighted by Gasteiger charge is 2.36. The Hall–Kier alpha value is -3.85. The van der Waals surface area contributed by atoms with Crippen LogP contribution in [0.4, 0.5) is 10.1 Å². The van der Waals surface area contributed by atoms with Crippen molar-refractivity contribution < 1.29 is 14.0 Å². The second-order valence-corrected chi connectivity index (χ2v) is 9.04. The second-order valence-electron chi connectivity index (χ2n) is 7.83. The lowest BCUT2D eigenvalue weighted by atomic mass is 10.0. The Morgan fingerprint density at radius 1 is 1.12 bits per heavy atom. The van der Waals surface area contributed by atoms with Crippen LogP contribution in [0.15, 0.2) is 65.7 Å². The van der Waals surface area contributed by atoms with Gasteiger partial charge in [0.1, 0.15) is 17.0 Å². The molecule has 0 saturated carbocycles. The van der Waals surface area contributed by atoms with Gasteiger partial charge in [0.05, 0.1) is 17.0 Å². The Balaban J connectivity index is 1.44.